The van der Waals surface area contributed by atoms with Gasteiger partial charge in [-0.05, 0) is 6.42 Å². The standard InChI is InChI=1S/C16H32O.Na.H2O4S.H/c1-2-3-4-5-6-7-8-9-10-11-12-13-14-15-16-17;;1-5(2,3)4;/h16H,2-15H2,1H3;;(H2,1,2,3,4);. The molecule has 0 saturated heterocycles. The maximum absolute atomic E-state index is 10.1. The van der Waals surface area contributed by atoms with Crippen molar-refractivity contribution in [3.8, 4) is 0 Å². The van der Waals surface area contributed by atoms with Gasteiger partial charge in [-0.3, -0.25) is 9.11 Å². The Labute approximate surface area is 164 Å². The third-order valence-corrected chi connectivity index (χ3v) is 3.43. The molecule has 0 aromatic rings. The van der Waals surface area contributed by atoms with Crippen molar-refractivity contribution in [1.29, 1.82) is 0 Å². The molecule has 0 spiro atoms. The molecule has 0 bridgehead atoms. The predicted molar refractivity (Wildman–Crippen MR) is 97.7 cm³/mol. The Morgan fingerprint density at radius 2 is 0.957 bits per heavy atom. The summed E-state index contributed by atoms with van der Waals surface area (Å²) in [6.07, 6.45) is 19.6. The summed E-state index contributed by atoms with van der Waals surface area (Å²) in [7, 11) is -4.67. The molecular formula is C16H35NaO5S. The summed E-state index contributed by atoms with van der Waals surface area (Å²) >= 11 is 0. The van der Waals surface area contributed by atoms with Crippen molar-refractivity contribution in [2.75, 3.05) is 0 Å². The van der Waals surface area contributed by atoms with Crippen molar-refractivity contribution in [3.05, 3.63) is 0 Å². The third kappa shape index (κ3) is 45.0. The molecule has 0 aromatic heterocycles. The number of hydrogen-bond donors (Lipinski definition) is 2. The Morgan fingerprint density at radius 1 is 0.696 bits per heavy atom. The molecule has 0 aliphatic carbocycles. The Bertz CT molecular complexity index is 312. The van der Waals surface area contributed by atoms with Gasteiger partial charge in [0.15, 0.2) is 0 Å². The minimum atomic E-state index is -4.67. The number of carbonyl (C=O) groups is 1. The molecule has 0 aromatic carbocycles. The summed E-state index contributed by atoms with van der Waals surface area (Å²) in [5.41, 5.74) is 0. The van der Waals surface area contributed by atoms with E-state index in [1.165, 1.54) is 77.0 Å². The fourth-order valence-corrected chi connectivity index (χ4v) is 2.25. The van der Waals surface area contributed by atoms with E-state index >= 15 is 0 Å². The Morgan fingerprint density at radius 3 is 1.22 bits per heavy atom. The van der Waals surface area contributed by atoms with Crippen LogP contribution in [0.1, 0.15) is 96.8 Å². The second kappa shape index (κ2) is 22.5. The van der Waals surface area contributed by atoms with Gasteiger partial charge in [0.25, 0.3) is 0 Å². The van der Waals surface area contributed by atoms with Crippen molar-refractivity contribution >= 4 is 46.2 Å². The van der Waals surface area contributed by atoms with Crippen LogP contribution < -0.4 is 0 Å². The van der Waals surface area contributed by atoms with E-state index in [0.717, 1.165) is 19.1 Å². The van der Waals surface area contributed by atoms with E-state index in [0.29, 0.717) is 0 Å². The second-order valence-electron chi connectivity index (χ2n) is 5.65. The number of unbranched alkanes of at least 4 members (excludes halogenated alkanes) is 13. The van der Waals surface area contributed by atoms with Crippen molar-refractivity contribution in [2.24, 2.45) is 0 Å². The topological polar surface area (TPSA) is 91.7 Å². The van der Waals surface area contributed by atoms with Gasteiger partial charge < -0.3 is 4.79 Å². The van der Waals surface area contributed by atoms with Crippen molar-refractivity contribution in [3.63, 3.8) is 0 Å². The van der Waals surface area contributed by atoms with Gasteiger partial charge >= 0.3 is 40.0 Å². The third-order valence-electron chi connectivity index (χ3n) is 3.43. The van der Waals surface area contributed by atoms with Crippen LogP contribution in [0.4, 0.5) is 0 Å². The second-order valence-corrected chi connectivity index (χ2v) is 6.54. The molecular weight excluding hydrogens is 327 g/mol. The Kier molecular flexibility index (Phi) is 27.8. The van der Waals surface area contributed by atoms with E-state index in [-0.39, 0.29) is 29.6 Å². The van der Waals surface area contributed by atoms with Gasteiger partial charge in [0.1, 0.15) is 6.29 Å². The fourth-order valence-electron chi connectivity index (χ4n) is 2.25. The van der Waals surface area contributed by atoms with Gasteiger partial charge in [-0.2, -0.15) is 8.42 Å². The van der Waals surface area contributed by atoms with E-state index in [2.05, 4.69) is 6.92 Å². The van der Waals surface area contributed by atoms with Crippen LogP contribution >= 0.6 is 0 Å². The monoisotopic (exact) mass is 362 g/mol. The molecule has 0 radical (unpaired) electrons. The zero-order chi connectivity index (χ0) is 17.1. The summed E-state index contributed by atoms with van der Waals surface area (Å²) in [5.74, 6) is 0. The molecule has 0 atom stereocenters. The number of carbonyl (C=O) groups excluding carboxylic acids is 1. The zero-order valence-corrected chi connectivity index (χ0v) is 14.8. The van der Waals surface area contributed by atoms with Gasteiger partial charge in [-0.25, -0.2) is 0 Å². The van der Waals surface area contributed by atoms with Crippen LogP contribution in [0.15, 0.2) is 0 Å². The van der Waals surface area contributed by atoms with Gasteiger partial charge in [0, 0.05) is 6.42 Å². The molecule has 0 unspecified atom stereocenters. The minimum absolute atomic E-state index is 0. The van der Waals surface area contributed by atoms with Gasteiger partial charge in [0.2, 0.25) is 0 Å². The molecule has 5 nitrogen and oxygen atoms in total. The molecule has 0 fully saturated rings. The molecule has 7 heteroatoms. The molecule has 0 heterocycles. The van der Waals surface area contributed by atoms with Gasteiger partial charge in [0.05, 0.1) is 0 Å². The van der Waals surface area contributed by atoms with Crippen molar-refractivity contribution < 1.29 is 22.3 Å². The van der Waals surface area contributed by atoms with Crippen LogP contribution in [0.2, 0.25) is 0 Å². The summed E-state index contributed by atoms with van der Waals surface area (Å²) < 4.78 is 31.6. The van der Waals surface area contributed by atoms with Crippen LogP contribution in [0, 0.1) is 0 Å². The fraction of sp³-hybridized carbons (Fsp3) is 0.938. The summed E-state index contributed by atoms with van der Waals surface area (Å²) in [6, 6.07) is 0. The zero-order valence-electron chi connectivity index (χ0n) is 14.0. The van der Waals surface area contributed by atoms with E-state index in [9.17, 15) is 4.79 Å². The van der Waals surface area contributed by atoms with Crippen molar-refractivity contribution in [2.45, 2.75) is 96.8 Å². The van der Waals surface area contributed by atoms with E-state index in [4.69, 9.17) is 17.5 Å². The van der Waals surface area contributed by atoms with E-state index in [1.807, 2.05) is 0 Å². The molecule has 0 amide bonds. The molecule has 136 valence electrons. The molecule has 0 saturated carbocycles. The van der Waals surface area contributed by atoms with Crippen LogP contribution in [0.5, 0.6) is 0 Å². The number of hydrogen-bond acceptors (Lipinski definition) is 3. The first-order valence-electron chi connectivity index (χ1n) is 8.55. The van der Waals surface area contributed by atoms with E-state index < -0.39 is 10.4 Å². The quantitative estimate of drug-likeness (QED) is 0.207. The van der Waals surface area contributed by atoms with Gasteiger partial charge in [-0.15, -0.1) is 0 Å². The maximum atomic E-state index is 10.1. The molecule has 0 aliphatic rings. The van der Waals surface area contributed by atoms with Crippen LogP contribution in [0.25, 0.3) is 0 Å². The molecule has 2 N–H and O–H groups in total. The summed E-state index contributed by atoms with van der Waals surface area (Å²) in [5, 5.41) is 0. The average Bonchev–Trinajstić information content (AvgIpc) is 2.42. The first-order valence-corrected chi connectivity index (χ1v) is 9.95. The molecule has 0 aliphatic heterocycles. The Balaban J connectivity index is -0.000000578. The molecule has 23 heavy (non-hydrogen) atoms. The van der Waals surface area contributed by atoms with Crippen molar-refractivity contribution in [1.82, 2.24) is 0 Å². The van der Waals surface area contributed by atoms with Crippen LogP contribution in [-0.2, 0) is 15.2 Å². The van der Waals surface area contributed by atoms with Gasteiger partial charge in [-0.1, -0.05) is 84.0 Å². The average molecular weight is 363 g/mol. The molecule has 0 rings (SSSR count). The van der Waals surface area contributed by atoms with Crippen LogP contribution in [-0.4, -0.2) is 53.4 Å². The first-order chi connectivity index (χ1) is 10.4. The van der Waals surface area contributed by atoms with E-state index in [1.54, 1.807) is 0 Å². The SMILES string of the molecule is CCCCCCCCCCCCCCCC=O.O=S(=O)(O)O.[NaH]. The Hall–Kier alpha value is 0.540. The number of aldehydes is 1. The number of rotatable bonds is 14. The predicted octanol–water partition coefficient (Wildman–Crippen LogP) is 4.37. The summed E-state index contributed by atoms with van der Waals surface area (Å²) in [4.78, 5) is 10.1. The first kappa shape index (κ1) is 28.3. The normalized spacial score (nSPS) is 10.4. The summed E-state index contributed by atoms with van der Waals surface area (Å²) in [6.45, 7) is 2.27. The van der Waals surface area contributed by atoms with Crippen LogP contribution in [0.3, 0.4) is 0 Å².